The fourth-order valence-electron chi connectivity index (χ4n) is 1.37. The van der Waals surface area contributed by atoms with Gasteiger partial charge in [-0.2, -0.15) is 0 Å². The lowest BCUT2D eigenvalue weighted by molar-refractivity contribution is 0.882. The number of aromatic nitrogens is 4. The summed E-state index contributed by atoms with van der Waals surface area (Å²) in [6.07, 6.45) is 4.71. The molecule has 0 radical (unpaired) electrons. The van der Waals surface area contributed by atoms with E-state index in [0.29, 0.717) is 17.3 Å². The van der Waals surface area contributed by atoms with Gasteiger partial charge in [0.1, 0.15) is 18.5 Å². The van der Waals surface area contributed by atoms with Crippen LogP contribution in [0.5, 0.6) is 0 Å². The molecule has 0 amide bonds. The molecule has 0 bridgehead atoms. The summed E-state index contributed by atoms with van der Waals surface area (Å²) in [5, 5.41) is 0. The first-order valence-corrected chi connectivity index (χ1v) is 4.02. The third kappa shape index (κ3) is 0.777. The van der Waals surface area contributed by atoms with Crippen molar-refractivity contribution < 1.29 is 0 Å². The highest BCUT2D eigenvalue weighted by atomic mass is 15.4. The molecule has 0 aliphatic carbocycles. The molecule has 0 aromatic heterocycles. The van der Waals surface area contributed by atoms with E-state index in [2.05, 4.69) is 25.8 Å². The van der Waals surface area contributed by atoms with Crippen LogP contribution in [-0.4, -0.2) is 19.5 Å². The van der Waals surface area contributed by atoms with Crippen LogP contribution in [0.4, 0.5) is 5.82 Å². The third-order valence-corrected chi connectivity index (χ3v) is 2.03. The van der Waals surface area contributed by atoms with Gasteiger partial charge in [-0.25, -0.2) is 15.0 Å². The highest BCUT2D eigenvalue weighted by Crippen LogP contribution is 2.25. The smallest absolute Gasteiger partial charge is 0.185 e. The second-order valence-electron chi connectivity index (χ2n) is 2.85. The molecule has 14 heavy (non-hydrogen) atoms. The Labute approximate surface area is 79.0 Å². The van der Waals surface area contributed by atoms with Gasteiger partial charge >= 0.3 is 0 Å². The monoisotopic (exact) mass is 189 g/mol. The van der Waals surface area contributed by atoms with Crippen LogP contribution < -0.4 is 16.6 Å². The van der Waals surface area contributed by atoms with Gasteiger partial charge in [0.25, 0.3) is 0 Å². The molecular formula is C7H7N7. The number of imidazole rings is 1. The van der Waals surface area contributed by atoms with Gasteiger partial charge in [-0.05, 0) is 0 Å². The van der Waals surface area contributed by atoms with Crippen LogP contribution in [0.15, 0.2) is 18.9 Å². The first kappa shape index (κ1) is 7.13. The van der Waals surface area contributed by atoms with E-state index in [1.807, 2.05) is 0 Å². The van der Waals surface area contributed by atoms with Crippen molar-refractivity contribution in [3.8, 4) is 11.5 Å². The molecule has 0 spiro atoms. The summed E-state index contributed by atoms with van der Waals surface area (Å²) < 4.78 is 1.70. The number of anilines is 1. The minimum Gasteiger partial charge on any atom is -0.383 e. The van der Waals surface area contributed by atoms with E-state index in [4.69, 9.17) is 5.73 Å². The van der Waals surface area contributed by atoms with E-state index in [1.165, 1.54) is 6.33 Å². The summed E-state index contributed by atoms with van der Waals surface area (Å²) in [7, 11) is 0. The number of hydrazine groups is 1. The number of hydrogen-bond donors (Lipinski definition) is 3. The maximum Gasteiger partial charge on any atom is 0.185 e. The van der Waals surface area contributed by atoms with E-state index in [1.54, 1.807) is 17.1 Å². The number of fused-ring (bicyclic) bond motifs is 3. The molecule has 0 saturated heterocycles. The molecule has 0 aromatic carbocycles. The van der Waals surface area contributed by atoms with Gasteiger partial charge in [-0.3, -0.25) is 9.99 Å². The Balaban J connectivity index is 2.35. The maximum atomic E-state index is 5.74. The minimum atomic E-state index is 0.552. The predicted molar refractivity (Wildman–Crippen MR) is 49.7 cm³/mol. The number of nitrogens with zero attached hydrogens (tertiary/aromatic N) is 4. The van der Waals surface area contributed by atoms with Gasteiger partial charge in [0, 0.05) is 0 Å². The van der Waals surface area contributed by atoms with Crippen molar-refractivity contribution in [1.29, 1.82) is 0 Å². The Kier molecular flexibility index (Phi) is 1.19. The lowest BCUT2D eigenvalue weighted by Crippen LogP contribution is -2.28. The summed E-state index contributed by atoms with van der Waals surface area (Å²) in [4.78, 5) is 12.2. The van der Waals surface area contributed by atoms with Crippen LogP contribution in [0.1, 0.15) is 0 Å². The summed E-state index contributed by atoms with van der Waals surface area (Å²) in [6.45, 7) is 0. The molecule has 3 heterocycles. The normalized spacial score (nSPS) is 14.1. The van der Waals surface area contributed by atoms with Crippen LogP contribution in [0.2, 0.25) is 0 Å². The molecule has 0 saturated carbocycles. The van der Waals surface area contributed by atoms with Crippen molar-refractivity contribution in [2.45, 2.75) is 0 Å². The van der Waals surface area contributed by atoms with Crippen molar-refractivity contribution in [2.75, 3.05) is 5.43 Å². The Bertz CT molecular complexity index is 485. The van der Waals surface area contributed by atoms with Crippen LogP contribution in [0.25, 0.3) is 17.3 Å². The fraction of sp³-hybridized carbons (Fsp3) is 0. The van der Waals surface area contributed by atoms with Gasteiger partial charge in [0.2, 0.25) is 0 Å². The van der Waals surface area contributed by atoms with Gasteiger partial charge < -0.3 is 11.2 Å². The van der Waals surface area contributed by atoms with E-state index < -0.39 is 0 Å². The summed E-state index contributed by atoms with van der Waals surface area (Å²) in [5.74, 6) is 1.89. The largest absolute Gasteiger partial charge is 0.383 e. The van der Waals surface area contributed by atoms with Crippen molar-refractivity contribution in [2.24, 2.45) is 5.73 Å². The zero-order valence-electron chi connectivity index (χ0n) is 7.10. The lowest BCUT2D eigenvalue weighted by atomic mass is 10.3. The molecule has 4 N–H and O–H groups in total. The van der Waals surface area contributed by atoms with Crippen LogP contribution in [0, 0.1) is 0 Å². The molecule has 7 heteroatoms. The van der Waals surface area contributed by atoms with Crippen molar-refractivity contribution in [3.63, 3.8) is 0 Å². The van der Waals surface area contributed by atoms with E-state index in [0.717, 1.165) is 5.82 Å². The predicted octanol–water partition coefficient (Wildman–Crippen LogP) is -0.577. The first-order chi connectivity index (χ1) is 6.86. The van der Waals surface area contributed by atoms with Gasteiger partial charge in [-0.1, -0.05) is 0 Å². The Morgan fingerprint density at radius 2 is 2.21 bits per heavy atom. The van der Waals surface area contributed by atoms with Gasteiger partial charge in [0.15, 0.2) is 17.3 Å². The Hall–Kier alpha value is -2.31. The summed E-state index contributed by atoms with van der Waals surface area (Å²) >= 11 is 0. The average molecular weight is 189 g/mol. The molecule has 3 aliphatic rings. The fourth-order valence-corrected chi connectivity index (χ4v) is 1.37. The molecule has 0 fully saturated rings. The minimum absolute atomic E-state index is 0.552. The van der Waals surface area contributed by atoms with Crippen molar-refractivity contribution >= 4 is 11.6 Å². The van der Waals surface area contributed by atoms with E-state index in [9.17, 15) is 0 Å². The summed E-state index contributed by atoms with van der Waals surface area (Å²) in [6, 6.07) is 0. The molecule has 0 unspecified atom stereocenters. The zero-order valence-corrected chi connectivity index (χ0v) is 7.10. The highest BCUT2D eigenvalue weighted by molar-refractivity contribution is 5.71. The molecule has 3 aliphatic heterocycles. The van der Waals surface area contributed by atoms with Crippen molar-refractivity contribution in [1.82, 2.24) is 24.9 Å². The first-order valence-electron chi connectivity index (χ1n) is 4.02. The molecule has 7 nitrogen and oxygen atoms in total. The van der Waals surface area contributed by atoms with Crippen LogP contribution in [-0.2, 0) is 0 Å². The topological polar surface area (TPSA) is 93.7 Å². The van der Waals surface area contributed by atoms with Crippen molar-refractivity contribution in [3.05, 3.63) is 18.9 Å². The van der Waals surface area contributed by atoms with Gasteiger partial charge in [0.05, 0.1) is 6.20 Å². The van der Waals surface area contributed by atoms with Gasteiger partial charge in [-0.15, -0.1) is 0 Å². The number of hydrogen-bond acceptors (Lipinski definition) is 6. The highest BCUT2D eigenvalue weighted by Gasteiger charge is 2.18. The number of nitrogens with two attached hydrogens (primary N) is 1. The third-order valence-electron chi connectivity index (χ3n) is 2.03. The molecule has 0 aromatic rings. The van der Waals surface area contributed by atoms with E-state index in [-0.39, 0.29) is 0 Å². The summed E-state index contributed by atoms with van der Waals surface area (Å²) in [5.41, 5.74) is 12.2. The second kappa shape index (κ2) is 2.34. The Morgan fingerprint density at radius 3 is 3.14 bits per heavy atom. The molecule has 70 valence electrons. The standard InChI is InChI=1S/C7H7N7/c8-4-1-12-13-7-5-6(10-2-9-5)11-3-14(4)7/h1-3,12-13H,8H2. The molecular weight excluding hydrogens is 182 g/mol. The van der Waals surface area contributed by atoms with Crippen LogP contribution >= 0.6 is 0 Å². The number of rotatable bonds is 0. The van der Waals surface area contributed by atoms with Crippen LogP contribution in [0.3, 0.4) is 0 Å². The Morgan fingerprint density at radius 1 is 1.29 bits per heavy atom. The molecule has 3 rings (SSSR count). The maximum absolute atomic E-state index is 5.74. The second-order valence-corrected chi connectivity index (χ2v) is 2.85. The zero-order chi connectivity index (χ0) is 9.54. The van der Waals surface area contributed by atoms with E-state index >= 15 is 0 Å². The quantitative estimate of drug-likeness (QED) is 0.513. The lowest BCUT2D eigenvalue weighted by Gasteiger charge is -2.21. The number of nitrogens with one attached hydrogen (secondary N) is 2. The SMILES string of the molecule is NC1=CNNc2c3ncnc-3ncn21. The molecule has 0 atom stereocenters. The average Bonchev–Trinajstić information content (AvgIpc) is 2.66.